The van der Waals surface area contributed by atoms with Crippen LogP contribution in [0, 0.1) is 0 Å². The van der Waals surface area contributed by atoms with Crippen LogP contribution in [0.4, 0.5) is 5.69 Å². The molecule has 3 nitrogen and oxygen atoms in total. The number of methoxy groups -OCH3 is 1. The molecule has 2 rings (SSSR count). The molecule has 82 valence electrons. The predicted molar refractivity (Wildman–Crippen MR) is 70.9 cm³/mol. The SMILES string of the molecule is COc1cccc2cccc(NC(N)=S)c12. The van der Waals surface area contributed by atoms with Crippen LogP contribution in [-0.2, 0) is 0 Å². The molecule has 0 aliphatic carbocycles. The molecule has 16 heavy (non-hydrogen) atoms. The highest BCUT2D eigenvalue weighted by Crippen LogP contribution is 2.31. The molecule has 3 N–H and O–H groups in total. The molecule has 0 bridgehead atoms. The Hall–Kier alpha value is -1.81. The van der Waals surface area contributed by atoms with Crippen LogP contribution in [0.3, 0.4) is 0 Å². The van der Waals surface area contributed by atoms with Crippen molar-refractivity contribution in [1.82, 2.24) is 0 Å². The maximum atomic E-state index is 5.49. The number of rotatable bonds is 2. The van der Waals surface area contributed by atoms with Crippen molar-refractivity contribution in [2.75, 3.05) is 12.4 Å². The van der Waals surface area contributed by atoms with E-state index in [-0.39, 0.29) is 5.11 Å². The van der Waals surface area contributed by atoms with Gasteiger partial charge in [0.05, 0.1) is 12.8 Å². The molecule has 0 atom stereocenters. The molecule has 0 spiro atoms. The second-order valence-electron chi connectivity index (χ2n) is 3.35. The molecule has 0 saturated carbocycles. The van der Waals surface area contributed by atoms with Gasteiger partial charge in [-0.2, -0.15) is 0 Å². The highest BCUT2D eigenvalue weighted by molar-refractivity contribution is 7.80. The van der Waals surface area contributed by atoms with Crippen LogP contribution >= 0.6 is 12.2 Å². The molecule has 2 aromatic rings. The maximum absolute atomic E-state index is 5.49. The van der Waals surface area contributed by atoms with Crippen molar-refractivity contribution in [3.63, 3.8) is 0 Å². The highest BCUT2D eigenvalue weighted by Gasteiger charge is 2.06. The fourth-order valence-electron chi connectivity index (χ4n) is 1.71. The van der Waals surface area contributed by atoms with Crippen LogP contribution in [0.1, 0.15) is 0 Å². The first-order valence-electron chi connectivity index (χ1n) is 4.84. The van der Waals surface area contributed by atoms with Crippen molar-refractivity contribution < 1.29 is 4.74 Å². The van der Waals surface area contributed by atoms with E-state index < -0.39 is 0 Å². The molecule has 0 aromatic heterocycles. The number of thiocarbonyl (C=S) groups is 1. The van der Waals surface area contributed by atoms with Gasteiger partial charge in [-0.3, -0.25) is 0 Å². The zero-order chi connectivity index (χ0) is 11.5. The number of anilines is 1. The Balaban J connectivity index is 2.68. The first-order valence-corrected chi connectivity index (χ1v) is 5.25. The van der Waals surface area contributed by atoms with Crippen molar-refractivity contribution in [3.8, 4) is 5.75 Å². The van der Waals surface area contributed by atoms with Gasteiger partial charge in [-0.15, -0.1) is 0 Å². The molecule has 2 aromatic carbocycles. The Labute approximate surface area is 99.2 Å². The Kier molecular flexibility index (Phi) is 2.92. The Morgan fingerprint density at radius 2 is 1.94 bits per heavy atom. The van der Waals surface area contributed by atoms with Crippen LogP contribution in [0.2, 0.25) is 0 Å². The molecular weight excluding hydrogens is 220 g/mol. The lowest BCUT2D eigenvalue weighted by Gasteiger charge is -2.11. The predicted octanol–water partition coefficient (Wildman–Crippen LogP) is 2.50. The third-order valence-corrected chi connectivity index (χ3v) is 2.45. The van der Waals surface area contributed by atoms with Gasteiger partial charge in [-0.1, -0.05) is 24.3 Å². The van der Waals surface area contributed by atoms with Gasteiger partial charge in [-0.05, 0) is 29.7 Å². The third kappa shape index (κ3) is 1.92. The van der Waals surface area contributed by atoms with Gasteiger partial charge in [-0.25, -0.2) is 0 Å². The van der Waals surface area contributed by atoms with Gasteiger partial charge in [0.15, 0.2) is 5.11 Å². The summed E-state index contributed by atoms with van der Waals surface area (Å²) in [6.45, 7) is 0. The first kappa shape index (κ1) is 10.7. The smallest absolute Gasteiger partial charge is 0.168 e. The molecular formula is C12H12N2OS. The lowest BCUT2D eigenvalue weighted by Crippen LogP contribution is -2.19. The number of ether oxygens (including phenoxy) is 1. The summed E-state index contributed by atoms with van der Waals surface area (Å²) in [5.41, 5.74) is 6.35. The Bertz CT molecular complexity index is 534. The summed E-state index contributed by atoms with van der Waals surface area (Å²) in [7, 11) is 1.65. The van der Waals surface area contributed by atoms with E-state index >= 15 is 0 Å². The molecule has 0 saturated heterocycles. The minimum Gasteiger partial charge on any atom is -0.496 e. The average molecular weight is 232 g/mol. The summed E-state index contributed by atoms with van der Waals surface area (Å²) in [6, 6.07) is 11.8. The second kappa shape index (κ2) is 4.37. The van der Waals surface area contributed by atoms with Crippen molar-refractivity contribution in [3.05, 3.63) is 36.4 Å². The summed E-state index contributed by atoms with van der Waals surface area (Å²) >= 11 is 4.85. The number of nitrogens with one attached hydrogen (secondary N) is 1. The molecule has 0 aliphatic rings. The van der Waals surface area contributed by atoms with Gasteiger partial charge < -0.3 is 15.8 Å². The van der Waals surface area contributed by atoms with Gasteiger partial charge in [0.25, 0.3) is 0 Å². The minimum atomic E-state index is 0.249. The van der Waals surface area contributed by atoms with Crippen molar-refractivity contribution in [2.24, 2.45) is 5.73 Å². The summed E-state index contributed by atoms with van der Waals surface area (Å²) in [5.74, 6) is 0.803. The van der Waals surface area contributed by atoms with Crippen LogP contribution in [0.15, 0.2) is 36.4 Å². The molecule has 0 fully saturated rings. The minimum absolute atomic E-state index is 0.249. The number of hydrogen-bond acceptors (Lipinski definition) is 2. The highest BCUT2D eigenvalue weighted by atomic mass is 32.1. The van der Waals surface area contributed by atoms with Crippen LogP contribution in [0.5, 0.6) is 5.75 Å². The maximum Gasteiger partial charge on any atom is 0.168 e. The quantitative estimate of drug-likeness (QED) is 0.781. The van der Waals surface area contributed by atoms with Gasteiger partial charge in [0.1, 0.15) is 5.75 Å². The largest absolute Gasteiger partial charge is 0.496 e. The van der Waals surface area contributed by atoms with Crippen molar-refractivity contribution in [1.29, 1.82) is 0 Å². The molecule has 0 aliphatic heterocycles. The van der Waals surface area contributed by atoms with Crippen molar-refractivity contribution >= 4 is 33.8 Å². The zero-order valence-corrected chi connectivity index (χ0v) is 9.67. The molecule has 0 heterocycles. The average Bonchev–Trinajstić information content (AvgIpc) is 2.28. The molecule has 0 radical (unpaired) electrons. The summed E-state index contributed by atoms with van der Waals surface area (Å²) in [4.78, 5) is 0. The monoisotopic (exact) mass is 232 g/mol. The van der Waals surface area contributed by atoms with E-state index in [1.807, 2.05) is 36.4 Å². The summed E-state index contributed by atoms with van der Waals surface area (Å²) in [6.07, 6.45) is 0. The van der Waals surface area contributed by atoms with E-state index in [1.54, 1.807) is 7.11 Å². The zero-order valence-electron chi connectivity index (χ0n) is 8.86. The van der Waals surface area contributed by atoms with E-state index in [0.29, 0.717) is 0 Å². The lowest BCUT2D eigenvalue weighted by molar-refractivity contribution is 0.420. The van der Waals surface area contributed by atoms with Gasteiger partial charge in [0.2, 0.25) is 0 Å². The molecule has 4 heteroatoms. The number of fused-ring (bicyclic) bond motifs is 1. The lowest BCUT2D eigenvalue weighted by atomic mass is 10.1. The van der Waals surface area contributed by atoms with E-state index in [2.05, 4.69) is 5.32 Å². The molecule has 0 amide bonds. The fourth-order valence-corrected chi connectivity index (χ4v) is 1.82. The van der Waals surface area contributed by atoms with E-state index in [1.165, 1.54) is 0 Å². The molecule has 0 unspecified atom stereocenters. The standard InChI is InChI=1S/C12H12N2OS/c1-15-10-7-3-5-8-4-2-6-9(11(8)10)14-12(13)16/h2-7H,1H3,(H3,13,14,16). The van der Waals surface area contributed by atoms with Crippen molar-refractivity contribution in [2.45, 2.75) is 0 Å². The topological polar surface area (TPSA) is 47.3 Å². The van der Waals surface area contributed by atoms with E-state index in [0.717, 1.165) is 22.2 Å². The van der Waals surface area contributed by atoms with Crippen LogP contribution in [0.25, 0.3) is 10.8 Å². The van der Waals surface area contributed by atoms with Crippen LogP contribution in [-0.4, -0.2) is 12.2 Å². The number of benzene rings is 2. The first-order chi connectivity index (χ1) is 7.72. The van der Waals surface area contributed by atoms with Gasteiger partial charge >= 0.3 is 0 Å². The Morgan fingerprint density at radius 3 is 2.56 bits per heavy atom. The summed E-state index contributed by atoms with van der Waals surface area (Å²) in [5, 5.41) is 5.27. The van der Waals surface area contributed by atoms with E-state index in [4.69, 9.17) is 22.7 Å². The van der Waals surface area contributed by atoms with Gasteiger partial charge in [0, 0.05) is 5.39 Å². The number of nitrogens with two attached hydrogens (primary N) is 1. The fraction of sp³-hybridized carbons (Fsp3) is 0.0833. The number of hydrogen-bond donors (Lipinski definition) is 2. The Morgan fingerprint density at radius 1 is 1.25 bits per heavy atom. The second-order valence-corrected chi connectivity index (χ2v) is 3.79. The van der Waals surface area contributed by atoms with Crippen LogP contribution < -0.4 is 15.8 Å². The normalized spacial score (nSPS) is 10.1. The van der Waals surface area contributed by atoms with E-state index in [9.17, 15) is 0 Å². The summed E-state index contributed by atoms with van der Waals surface area (Å²) < 4.78 is 5.33. The third-order valence-electron chi connectivity index (χ3n) is 2.34.